The van der Waals surface area contributed by atoms with Gasteiger partial charge in [0.1, 0.15) is 0 Å². The molecule has 0 bridgehead atoms. The van der Waals surface area contributed by atoms with Gasteiger partial charge in [-0.2, -0.15) is 4.98 Å². The molecule has 0 aliphatic rings. The minimum atomic E-state index is 0.0171. The zero-order chi connectivity index (χ0) is 16.4. The first-order valence-electron chi connectivity index (χ1n) is 7.34. The van der Waals surface area contributed by atoms with E-state index in [-0.39, 0.29) is 11.2 Å². The van der Waals surface area contributed by atoms with Crippen molar-refractivity contribution in [3.63, 3.8) is 0 Å². The van der Waals surface area contributed by atoms with Crippen LogP contribution in [0.3, 0.4) is 0 Å². The average Bonchev–Trinajstić information content (AvgIpc) is 3.17. The predicted molar refractivity (Wildman–Crippen MR) is 91.2 cm³/mol. The molecule has 23 heavy (non-hydrogen) atoms. The molecule has 120 valence electrons. The molecule has 3 aromatic rings. The summed E-state index contributed by atoms with van der Waals surface area (Å²) in [5, 5.41) is 5.61. The molecular weight excluding hydrogens is 332 g/mol. The first-order chi connectivity index (χ1) is 11.0. The van der Waals surface area contributed by atoms with E-state index in [2.05, 4.69) is 15.1 Å². The first-order valence-corrected chi connectivity index (χ1v) is 8.60. The lowest BCUT2D eigenvalue weighted by molar-refractivity contribution is 0.373. The second-order valence-electron chi connectivity index (χ2n) is 5.46. The highest BCUT2D eigenvalue weighted by Gasteiger charge is 2.19. The maximum absolute atomic E-state index is 5.95. The van der Waals surface area contributed by atoms with Crippen LogP contribution < -0.4 is 0 Å². The second-order valence-corrected chi connectivity index (χ2v) is 7.21. The van der Waals surface area contributed by atoms with E-state index < -0.39 is 0 Å². The van der Waals surface area contributed by atoms with E-state index in [1.165, 1.54) is 0 Å². The number of benzene rings is 1. The van der Waals surface area contributed by atoms with Crippen LogP contribution in [0, 0.1) is 0 Å². The molecule has 0 aliphatic carbocycles. The maximum atomic E-state index is 5.95. The Morgan fingerprint density at radius 2 is 1.91 bits per heavy atom. The van der Waals surface area contributed by atoms with Crippen LogP contribution in [0.1, 0.15) is 43.7 Å². The van der Waals surface area contributed by atoms with E-state index >= 15 is 0 Å². The quantitative estimate of drug-likeness (QED) is 0.615. The molecule has 0 saturated carbocycles. The highest BCUT2D eigenvalue weighted by molar-refractivity contribution is 7.99. The minimum absolute atomic E-state index is 0.0171. The maximum Gasteiger partial charge on any atom is 0.239 e. The van der Waals surface area contributed by atoms with E-state index in [9.17, 15) is 0 Å². The van der Waals surface area contributed by atoms with Gasteiger partial charge < -0.3 is 4.52 Å². The number of halogens is 1. The van der Waals surface area contributed by atoms with E-state index in [1.807, 2.05) is 55.8 Å². The largest absolute Gasteiger partial charge is 0.338 e. The van der Waals surface area contributed by atoms with Crippen LogP contribution in [-0.2, 0) is 0 Å². The standard InChI is InChI=1S/C16H17ClN4OS/c1-10(2)14-19-15(22-20-14)11(3)23-16-18-8-9-21(16)13-6-4-12(17)5-7-13/h4-11H,1-3H3. The Bertz CT molecular complexity index is 781. The Morgan fingerprint density at radius 1 is 1.17 bits per heavy atom. The zero-order valence-corrected chi connectivity index (χ0v) is 14.7. The monoisotopic (exact) mass is 348 g/mol. The van der Waals surface area contributed by atoms with Gasteiger partial charge >= 0.3 is 0 Å². The van der Waals surface area contributed by atoms with Gasteiger partial charge in [-0.3, -0.25) is 4.57 Å². The minimum Gasteiger partial charge on any atom is -0.338 e. The predicted octanol–water partition coefficient (Wildman–Crippen LogP) is 4.89. The third-order valence-corrected chi connectivity index (χ3v) is 4.64. The number of hydrogen-bond donors (Lipinski definition) is 0. The lowest BCUT2D eigenvalue weighted by atomic mass is 10.2. The van der Waals surface area contributed by atoms with Crippen molar-refractivity contribution < 1.29 is 4.52 Å². The third-order valence-electron chi connectivity index (χ3n) is 3.32. The van der Waals surface area contributed by atoms with Crippen molar-refractivity contribution in [1.29, 1.82) is 0 Å². The van der Waals surface area contributed by atoms with Crippen LogP contribution in [0.2, 0.25) is 5.02 Å². The summed E-state index contributed by atoms with van der Waals surface area (Å²) in [6, 6.07) is 7.65. The lowest BCUT2D eigenvalue weighted by Gasteiger charge is -2.10. The van der Waals surface area contributed by atoms with Crippen molar-refractivity contribution in [2.24, 2.45) is 0 Å². The molecule has 1 atom stereocenters. The summed E-state index contributed by atoms with van der Waals surface area (Å²) in [7, 11) is 0. The summed E-state index contributed by atoms with van der Waals surface area (Å²) >= 11 is 7.52. The molecule has 7 heteroatoms. The Kier molecular flexibility index (Phi) is 4.73. The summed E-state index contributed by atoms with van der Waals surface area (Å²) in [5.41, 5.74) is 1.01. The lowest BCUT2D eigenvalue weighted by Crippen LogP contribution is -1.98. The highest BCUT2D eigenvalue weighted by Crippen LogP contribution is 2.34. The third kappa shape index (κ3) is 3.59. The van der Waals surface area contributed by atoms with Crippen molar-refractivity contribution in [2.75, 3.05) is 0 Å². The number of imidazole rings is 1. The van der Waals surface area contributed by atoms with Crippen molar-refractivity contribution in [3.05, 3.63) is 53.4 Å². The van der Waals surface area contributed by atoms with Gasteiger partial charge in [0.05, 0.1) is 5.25 Å². The smallest absolute Gasteiger partial charge is 0.239 e. The number of rotatable bonds is 5. The molecule has 0 aliphatic heterocycles. The van der Waals surface area contributed by atoms with Crippen molar-refractivity contribution in [3.8, 4) is 5.69 Å². The molecule has 0 saturated heterocycles. The van der Waals surface area contributed by atoms with Crippen LogP contribution in [-0.4, -0.2) is 19.7 Å². The number of aromatic nitrogens is 4. The van der Waals surface area contributed by atoms with Gasteiger partial charge in [-0.05, 0) is 31.2 Å². The highest BCUT2D eigenvalue weighted by atomic mass is 35.5. The Balaban J connectivity index is 1.80. The van der Waals surface area contributed by atoms with Gasteiger partial charge in [0.2, 0.25) is 5.89 Å². The van der Waals surface area contributed by atoms with Gasteiger partial charge in [0.15, 0.2) is 11.0 Å². The van der Waals surface area contributed by atoms with Crippen LogP contribution in [0.4, 0.5) is 0 Å². The normalized spacial score (nSPS) is 12.7. The second kappa shape index (κ2) is 6.76. The molecule has 1 unspecified atom stereocenters. The van der Waals surface area contributed by atoms with Gasteiger partial charge in [-0.15, -0.1) is 0 Å². The van der Waals surface area contributed by atoms with E-state index in [0.717, 1.165) is 16.7 Å². The fourth-order valence-electron chi connectivity index (χ4n) is 2.03. The van der Waals surface area contributed by atoms with Gasteiger partial charge in [0, 0.05) is 29.0 Å². The van der Waals surface area contributed by atoms with Gasteiger partial charge in [0.25, 0.3) is 0 Å². The van der Waals surface area contributed by atoms with Gasteiger partial charge in [-0.25, -0.2) is 4.98 Å². The Morgan fingerprint density at radius 3 is 2.57 bits per heavy atom. The van der Waals surface area contributed by atoms with Crippen LogP contribution >= 0.6 is 23.4 Å². The average molecular weight is 349 g/mol. The molecule has 5 nitrogen and oxygen atoms in total. The molecule has 3 rings (SSSR count). The zero-order valence-electron chi connectivity index (χ0n) is 13.1. The molecular formula is C16H17ClN4OS. The fraction of sp³-hybridized carbons (Fsp3) is 0.312. The molecule has 2 heterocycles. The van der Waals surface area contributed by atoms with Gasteiger partial charge in [-0.1, -0.05) is 42.4 Å². The molecule has 0 amide bonds. The summed E-state index contributed by atoms with van der Waals surface area (Å²) < 4.78 is 7.37. The molecule has 0 radical (unpaired) electrons. The van der Waals surface area contributed by atoms with Crippen LogP contribution in [0.5, 0.6) is 0 Å². The first kappa shape index (κ1) is 16.1. The van der Waals surface area contributed by atoms with Crippen molar-refractivity contribution in [1.82, 2.24) is 19.7 Å². The fourth-order valence-corrected chi connectivity index (χ4v) is 3.07. The molecule has 1 aromatic carbocycles. The summed E-state index contributed by atoms with van der Waals surface area (Å²) in [5.74, 6) is 1.60. The summed E-state index contributed by atoms with van der Waals surface area (Å²) in [4.78, 5) is 8.88. The SMILES string of the molecule is CC(C)c1noc(C(C)Sc2nccn2-c2ccc(Cl)cc2)n1. The summed E-state index contributed by atoms with van der Waals surface area (Å²) in [6.07, 6.45) is 3.70. The van der Waals surface area contributed by atoms with E-state index in [0.29, 0.717) is 10.9 Å². The van der Waals surface area contributed by atoms with E-state index in [1.54, 1.807) is 18.0 Å². The van der Waals surface area contributed by atoms with Crippen LogP contribution in [0.25, 0.3) is 5.69 Å². The van der Waals surface area contributed by atoms with Crippen molar-refractivity contribution >= 4 is 23.4 Å². The summed E-state index contributed by atoms with van der Waals surface area (Å²) in [6.45, 7) is 6.11. The molecule has 2 aromatic heterocycles. The van der Waals surface area contributed by atoms with Crippen molar-refractivity contribution in [2.45, 2.75) is 37.1 Å². The molecule has 0 fully saturated rings. The Hall–Kier alpha value is -1.79. The number of nitrogens with zero attached hydrogens (tertiary/aromatic N) is 4. The topological polar surface area (TPSA) is 56.7 Å². The van der Waals surface area contributed by atoms with E-state index in [4.69, 9.17) is 16.1 Å². The Labute approximate surface area is 144 Å². The molecule has 0 spiro atoms. The molecule has 0 N–H and O–H groups in total. The number of hydrogen-bond acceptors (Lipinski definition) is 5. The van der Waals surface area contributed by atoms with Crippen LogP contribution in [0.15, 0.2) is 46.3 Å². The number of thioether (sulfide) groups is 1.